The molecule has 0 aliphatic rings. The lowest BCUT2D eigenvalue weighted by Crippen LogP contribution is -2.22. The Hall–Kier alpha value is -2.57. The first kappa shape index (κ1) is 14.8. The molecular formula is C14H10F4N2O. The SMILES string of the molecule is O=C(Nc1ccccc1)Nc1cc(F)ccc1C(F)(F)F. The molecule has 2 amide bonds. The van der Waals surface area contributed by atoms with Crippen LogP contribution in [0.15, 0.2) is 48.5 Å². The minimum atomic E-state index is -4.69. The standard InChI is InChI=1S/C14H10F4N2O/c15-9-6-7-11(14(16,17)18)12(8-9)20-13(21)19-10-4-2-1-3-5-10/h1-8H,(H2,19,20,21). The van der Waals surface area contributed by atoms with Crippen molar-refractivity contribution in [2.75, 3.05) is 10.6 Å². The molecule has 2 N–H and O–H groups in total. The molecule has 2 aromatic rings. The molecule has 0 aliphatic carbocycles. The second-order valence-corrected chi connectivity index (χ2v) is 4.13. The molecule has 0 bridgehead atoms. The minimum Gasteiger partial charge on any atom is -0.308 e. The summed E-state index contributed by atoms with van der Waals surface area (Å²) in [5, 5.41) is 4.35. The lowest BCUT2D eigenvalue weighted by molar-refractivity contribution is -0.136. The monoisotopic (exact) mass is 298 g/mol. The highest BCUT2D eigenvalue weighted by molar-refractivity contribution is 6.00. The van der Waals surface area contributed by atoms with Crippen LogP contribution in [-0.4, -0.2) is 6.03 Å². The van der Waals surface area contributed by atoms with Crippen molar-refractivity contribution in [3.8, 4) is 0 Å². The molecule has 0 saturated heterocycles. The molecule has 7 heteroatoms. The minimum absolute atomic E-state index is 0.403. The van der Waals surface area contributed by atoms with Crippen LogP contribution in [0.1, 0.15) is 5.56 Å². The van der Waals surface area contributed by atoms with E-state index in [4.69, 9.17) is 0 Å². The lowest BCUT2D eigenvalue weighted by Gasteiger charge is -2.14. The molecule has 2 rings (SSSR count). The third kappa shape index (κ3) is 3.95. The second kappa shape index (κ2) is 5.82. The Morgan fingerprint density at radius 1 is 0.952 bits per heavy atom. The summed E-state index contributed by atoms with van der Waals surface area (Å²) in [6.07, 6.45) is -4.69. The molecule has 0 aliphatic heterocycles. The number of benzene rings is 2. The Kier molecular flexibility index (Phi) is 4.11. The van der Waals surface area contributed by atoms with Gasteiger partial charge in [-0.25, -0.2) is 9.18 Å². The molecule has 0 radical (unpaired) electrons. The highest BCUT2D eigenvalue weighted by Gasteiger charge is 2.34. The summed E-state index contributed by atoms with van der Waals surface area (Å²) in [6, 6.07) is 9.14. The zero-order valence-electron chi connectivity index (χ0n) is 10.5. The summed E-state index contributed by atoms with van der Waals surface area (Å²) in [6.45, 7) is 0. The van der Waals surface area contributed by atoms with Crippen molar-refractivity contribution in [1.82, 2.24) is 0 Å². The number of para-hydroxylation sites is 1. The van der Waals surface area contributed by atoms with Gasteiger partial charge in [0.05, 0.1) is 11.3 Å². The van der Waals surface area contributed by atoms with Gasteiger partial charge in [0.2, 0.25) is 0 Å². The van der Waals surface area contributed by atoms with E-state index in [0.29, 0.717) is 23.9 Å². The van der Waals surface area contributed by atoms with Gasteiger partial charge >= 0.3 is 12.2 Å². The third-order valence-corrected chi connectivity index (χ3v) is 2.57. The average Bonchev–Trinajstić information content (AvgIpc) is 2.38. The molecule has 0 atom stereocenters. The van der Waals surface area contributed by atoms with Crippen LogP contribution in [0, 0.1) is 5.82 Å². The molecule has 110 valence electrons. The van der Waals surface area contributed by atoms with E-state index in [1.165, 1.54) is 0 Å². The molecule has 0 aromatic heterocycles. The molecule has 0 spiro atoms. The van der Waals surface area contributed by atoms with Crippen LogP contribution >= 0.6 is 0 Å². The Labute approximate surface area is 117 Å². The van der Waals surface area contributed by atoms with E-state index in [9.17, 15) is 22.4 Å². The van der Waals surface area contributed by atoms with Gasteiger partial charge in [0.15, 0.2) is 0 Å². The highest BCUT2D eigenvalue weighted by Crippen LogP contribution is 2.35. The number of urea groups is 1. The number of hydrogen-bond acceptors (Lipinski definition) is 1. The number of carbonyl (C=O) groups is 1. The van der Waals surface area contributed by atoms with Crippen molar-refractivity contribution in [2.45, 2.75) is 6.18 Å². The molecule has 0 unspecified atom stereocenters. The predicted octanol–water partition coefficient (Wildman–Crippen LogP) is 4.49. The summed E-state index contributed by atoms with van der Waals surface area (Å²) in [7, 11) is 0. The van der Waals surface area contributed by atoms with Crippen molar-refractivity contribution in [2.24, 2.45) is 0 Å². The quantitative estimate of drug-likeness (QED) is 0.788. The fourth-order valence-corrected chi connectivity index (χ4v) is 1.67. The first-order valence-corrected chi connectivity index (χ1v) is 5.86. The number of nitrogens with one attached hydrogen (secondary N) is 2. The van der Waals surface area contributed by atoms with E-state index in [2.05, 4.69) is 5.32 Å². The van der Waals surface area contributed by atoms with E-state index in [0.717, 1.165) is 0 Å². The lowest BCUT2D eigenvalue weighted by atomic mass is 10.1. The van der Waals surface area contributed by atoms with Gasteiger partial charge in [-0.15, -0.1) is 0 Å². The summed E-state index contributed by atoms with van der Waals surface area (Å²) >= 11 is 0. The van der Waals surface area contributed by atoms with E-state index in [-0.39, 0.29) is 0 Å². The van der Waals surface area contributed by atoms with E-state index in [1.807, 2.05) is 5.32 Å². The van der Waals surface area contributed by atoms with Crippen LogP contribution < -0.4 is 10.6 Å². The summed E-state index contributed by atoms with van der Waals surface area (Å²) in [5.41, 5.74) is -1.36. The van der Waals surface area contributed by atoms with E-state index in [1.54, 1.807) is 30.3 Å². The summed E-state index contributed by atoms with van der Waals surface area (Å²) in [5.74, 6) is -0.877. The van der Waals surface area contributed by atoms with Gasteiger partial charge in [-0.2, -0.15) is 13.2 Å². The molecule has 0 heterocycles. The normalized spacial score (nSPS) is 11.0. The molecule has 3 nitrogen and oxygen atoms in total. The average molecular weight is 298 g/mol. The first-order chi connectivity index (χ1) is 9.86. The molecule has 0 saturated carbocycles. The number of hydrogen-bond donors (Lipinski definition) is 2. The summed E-state index contributed by atoms with van der Waals surface area (Å²) < 4.78 is 51.4. The zero-order valence-corrected chi connectivity index (χ0v) is 10.5. The van der Waals surface area contributed by atoms with Crippen molar-refractivity contribution in [3.63, 3.8) is 0 Å². The van der Waals surface area contributed by atoms with E-state index >= 15 is 0 Å². The Morgan fingerprint density at radius 3 is 2.24 bits per heavy atom. The van der Waals surface area contributed by atoms with Crippen molar-refractivity contribution < 1.29 is 22.4 Å². The number of amides is 2. The van der Waals surface area contributed by atoms with Crippen molar-refractivity contribution in [1.29, 1.82) is 0 Å². The number of alkyl halides is 3. The fraction of sp³-hybridized carbons (Fsp3) is 0.0714. The smallest absolute Gasteiger partial charge is 0.308 e. The van der Waals surface area contributed by atoms with Crippen LogP contribution in [0.2, 0.25) is 0 Å². The van der Waals surface area contributed by atoms with Crippen molar-refractivity contribution in [3.05, 3.63) is 59.9 Å². The van der Waals surface area contributed by atoms with Gasteiger partial charge in [-0.1, -0.05) is 18.2 Å². The van der Waals surface area contributed by atoms with Gasteiger partial charge in [0.25, 0.3) is 0 Å². The van der Waals surface area contributed by atoms with E-state index < -0.39 is 29.3 Å². The molecular weight excluding hydrogens is 288 g/mol. The van der Waals surface area contributed by atoms with Gasteiger partial charge < -0.3 is 10.6 Å². The molecule has 0 fully saturated rings. The number of carbonyl (C=O) groups excluding carboxylic acids is 1. The topological polar surface area (TPSA) is 41.1 Å². The number of rotatable bonds is 2. The summed E-state index contributed by atoms with van der Waals surface area (Å²) in [4.78, 5) is 11.7. The van der Waals surface area contributed by atoms with Gasteiger partial charge in [0.1, 0.15) is 5.82 Å². The predicted molar refractivity (Wildman–Crippen MR) is 70.5 cm³/mol. The van der Waals surface area contributed by atoms with Crippen LogP contribution in [0.4, 0.5) is 33.7 Å². The van der Waals surface area contributed by atoms with Crippen molar-refractivity contribution >= 4 is 17.4 Å². The maximum Gasteiger partial charge on any atom is 0.418 e. The number of halogens is 4. The van der Waals surface area contributed by atoms with Gasteiger partial charge in [-0.3, -0.25) is 0 Å². The van der Waals surface area contributed by atoms with Crippen LogP contribution in [0.25, 0.3) is 0 Å². The van der Waals surface area contributed by atoms with Crippen LogP contribution in [0.3, 0.4) is 0 Å². The van der Waals surface area contributed by atoms with Gasteiger partial charge in [-0.05, 0) is 30.3 Å². The third-order valence-electron chi connectivity index (χ3n) is 2.57. The fourth-order valence-electron chi connectivity index (χ4n) is 1.67. The number of anilines is 2. The maximum atomic E-state index is 13.1. The Morgan fingerprint density at radius 2 is 1.62 bits per heavy atom. The molecule has 21 heavy (non-hydrogen) atoms. The second-order valence-electron chi connectivity index (χ2n) is 4.13. The van der Waals surface area contributed by atoms with Crippen LogP contribution in [0.5, 0.6) is 0 Å². The molecule has 2 aromatic carbocycles. The van der Waals surface area contributed by atoms with Gasteiger partial charge in [0, 0.05) is 5.69 Å². The highest BCUT2D eigenvalue weighted by atomic mass is 19.4. The zero-order chi connectivity index (χ0) is 15.5. The Balaban J connectivity index is 2.19. The first-order valence-electron chi connectivity index (χ1n) is 5.86. The largest absolute Gasteiger partial charge is 0.418 e. The maximum absolute atomic E-state index is 13.1. The van der Waals surface area contributed by atoms with Crippen LogP contribution in [-0.2, 0) is 6.18 Å². The Bertz CT molecular complexity index is 641.